The van der Waals surface area contributed by atoms with Gasteiger partial charge in [-0.15, -0.1) is 0 Å². The van der Waals surface area contributed by atoms with Gasteiger partial charge >= 0.3 is 82.1 Å². The van der Waals surface area contributed by atoms with Crippen molar-refractivity contribution in [2.45, 2.75) is 0 Å². The average molecular weight is 270 g/mol. The van der Waals surface area contributed by atoms with Crippen LogP contribution in [-0.4, -0.2) is 9.91 Å². The monoisotopic (exact) mass is 270 g/mol. The van der Waals surface area contributed by atoms with Crippen molar-refractivity contribution in [1.29, 1.82) is 0 Å². The van der Waals surface area contributed by atoms with Gasteiger partial charge < -0.3 is 0 Å². The van der Waals surface area contributed by atoms with Gasteiger partial charge in [0.15, 0.2) is 0 Å². The summed E-state index contributed by atoms with van der Waals surface area (Å²) in [6.07, 6.45) is 1.84. The zero-order valence-electron chi connectivity index (χ0n) is 6.79. The quantitative estimate of drug-likeness (QED) is 0.484. The molecule has 0 amide bonds. The molecule has 0 aliphatic carbocycles. The van der Waals surface area contributed by atoms with Crippen molar-refractivity contribution in [3.63, 3.8) is 0 Å². The van der Waals surface area contributed by atoms with E-state index in [2.05, 4.69) is 34.2 Å². The first-order valence-corrected chi connectivity index (χ1v) is 6.98. The fourth-order valence-corrected chi connectivity index (χ4v) is 2.35. The molecule has 0 unspecified atom stereocenters. The van der Waals surface area contributed by atoms with Gasteiger partial charge in [-0.05, 0) is 0 Å². The molecule has 2 rings (SSSR count). The van der Waals surface area contributed by atoms with Crippen molar-refractivity contribution in [3.05, 3.63) is 40.1 Å². The van der Waals surface area contributed by atoms with Gasteiger partial charge in [-0.2, -0.15) is 0 Å². The van der Waals surface area contributed by atoms with Crippen LogP contribution in [0.2, 0.25) is 0 Å². The van der Waals surface area contributed by atoms with Gasteiger partial charge in [0.05, 0.1) is 0 Å². The summed E-state index contributed by atoms with van der Waals surface area (Å²) in [5.74, 6) is 0. The third-order valence-electron chi connectivity index (χ3n) is 1.78. The fourth-order valence-electron chi connectivity index (χ4n) is 1.16. The number of hydrogen-bond acceptors (Lipinski definition) is 1. The minimum absolute atomic E-state index is 0.207. The van der Waals surface area contributed by atoms with Gasteiger partial charge in [-0.25, -0.2) is 0 Å². The van der Waals surface area contributed by atoms with Crippen molar-refractivity contribution >= 4 is 10.9 Å². The second-order valence-electron chi connectivity index (χ2n) is 2.53. The second-order valence-corrected chi connectivity index (χ2v) is 4.85. The Labute approximate surface area is 82.1 Å². The third kappa shape index (κ3) is 1.43. The SMILES string of the molecule is C[I-]c1ccc2ncccc2c1. The van der Waals surface area contributed by atoms with Gasteiger partial charge in [0.25, 0.3) is 0 Å². The van der Waals surface area contributed by atoms with Gasteiger partial charge in [0.1, 0.15) is 0 Å². The Morgan fingerprint density at radius 2 is 2.17 bits per heavy atom. The molecule has 0 saturated carbocycles. The maximum absolute atomic E-state index is 4.27. The van der Waals surface area contributed by atoms with E-state index in [9.17, 15) is 0 Å². The molecule has 0 spiro atoms. The van der Waals surface area contributed by atoms with Crippen LogP contribution in [0, 0.1) is 3.57 Å². The second kappa shape index (κ2) is 3.39. The summed E-state index contributed by atoms with van der Waals surface area (Å²) in [7, 11) is 0. The Morgan fingerprint density at radius 3 is 3.00 bits per heavy atom. The minimum atomic E-state index is 0.207. The van der Waals surface area contributed by atoms with Crippen molar-refractivity contribution in [2.75, 3.05) is 4.93 Å². The Bertz CT molecular complexity index is 398. The Kier molecular flexibility index (Phi) is 2.26. The van der Waals surface area contributed by atoms with E-state index in [0.717, 1.165) is 5.52 Å². The van der Waals surface area contributed by atoms with E-state index in [1.54, 1.807) is 0 Å². The van der Waals surface area contributed by atoms with Crippen LogP contribution in [0.25, 0.3) is 10.9 Å². The molecule has 1 aromatic carbocycles. The average Bonchev–Trinajstić information content (AvgIpc) is 2.17. The van der Waals surface area contributed by atoms with Crippen LogP contribution in [-0.2, 0) is 0 Å². The number of pyridine rings is 1. The van der Waals surface area contributed by atoms with Crippen LogP contribution in [0.15, 0.2) is 36.5 Å². The number of benzene rings is 1. The summed E-state index contributed by atoms with van der Waals surface area (Å²) >= 11 is 0.207. The summed E-state index contributed by atoms with van der Waals surface area (Å²) in [6, 6.07) is 10.6. The number of alkyl halides is 1. The normalized spacial score (nSPS) is 10.8. The van der Waals surface area contributed by atoms with Gasteiger partial charge in [0, 0.05) is 0 Å². The van der Waals surface area contributed by atoms with Crippen LogP contribution in [0.3, 0.4) is 0 Å². The van der Waals surface area contributed by atoms with Gasteiger partial charge in [-0.1, -0.05) is 0 Å². The Morgan fingerprint density at radius 1 is 1.25 bits per heavy atom. The number of rotatable bonds is 1. The molecule has 0 bridgehead atoms. The van der Waals surface area contributed by atoms with Crippen molar-refractivity contribution < 1.29 is 21.2 Å². The van der Waals surface area contributed by atoms with E-state index in [1.165, 1.54) is 8.96 Å². The molecule has 0 aliphatic rings. The first kappa shape index (κ1) is 7.98. The third-order valence-corrected chi connectivity index (χ3v) is 3.70. The number of nitrogens with zero attached hydrogens (tertiary/aromatic N) is 1. The van der Waals surface area contributed by atoms with E-state index in [0.29, 0.717) is 0 Å². The first-order valence-electron chi connectivity index (χ1n) is 3.74. The van der Waals surface area contributed by atoms with E-state index < -0.39 is 0 Å². The molecular formula is C10H9IN-. The molecule has 2 aromatic rings. The Balaban J connectivity index is 2.67. The van der Waals surface area contributed by atoms with Crippen LogP contribution >= 0.6 is 0 Å². The number of fused-ring (bicyclic) bond motifs is 1. The molecule has 0 aliphatic heterocycles. The topological polar surface area (TPSA) is 12.9 Å². The maximum atomic E-state index is 4.27. The molecule has 1 heterocycles. The van der Waals surface area contributed by atoms with Crippen LogP contribution in [0.5, 0.6) is 0 Å². The molecule has 0 N–H and O–H groups in total. The molecule has 62 valence electrons. The standard InChI is InChI=1S/C10H9IN/c1-11-9-4-5-10-8(7-9)3-2-6-12-10/h2-7H,1H3/q-1. The van der Waals surface area contributed by atoms with E-state index in [1.807, 2.05) is 12.3 Å². The van der Waals surface area contributed by atoms with Crippen molar-refractivity contribution in [3.8, 4) is 0 Å². The van der Waals surface area contributed by atoms with Crippen LogP contribution in [0.1, 0.15) is 0 Å². The summed E-state index contributed by atoms with van der Waals surface area (Å²) in [5.41, 5.74) is 1.10. The number of hydrogen-bond donors (Lipinski definition) is 0. The molecule has 12 heavy (non-hydrogen) atoms. The summed E-state index contributed by atoms with van der Waals surface area (Å²) < 4.78 is 1.48. The van der Waals surface area contributed by atoms with Gasteiger partial charge in [0.2, 0.25) is 0 Å². The predicted octanol–water partition coefficient (Wildman–Crippen LogP) is -0.877. The molecule has 2 heteroatoms. The zero-order chi connectivity index (χ0) is 8.39. The molecule has 0 saturated heterocycles. The van der Waals surface area contributed by atoms with E-state index >= 15 is 0 Å². The zero-order valence-corrected chi connectivity index (χ0v) is 8.95. The molecule has 1 nitrogen and oxygen atoms in total. The van der Waals surface area contributed by atoms with E-state index in [4.69, 9.17) is 0 Å². The summed E-state index contributed by atoms with van der Waals surface area (Å²) in [4.78, 5) is 6.54. The van der Waals surface area contributed by atoms with Crippen LogP contribution < -0.4 is 21.2 Å². The van der Waals surface area contributed by atoms with Gasteiger partial charge in [-0.3, -0.25) is 0 Å². The predicted molar refractivity (Wildman–Crippen MR) is 46.4 cm³/mol. The molecule has 1 aromatic heterocycles. The summed E-state index contributed by atoms with van der Waals surface area (Å²) in [5, 5.41) is 1.26. The Hall–Kier alpha value is -0.640. The summed E-state index contributed by atoms with van der Waals surface area (Å²) in [6.45, 7) is 0. The number of halogens is 1. The van der Waals surface area contributed by atoms with E-state index in [-0.39, 0.29) is 21.2 Å². The molecule has 0 fully saturated rings. The molecule has 0 radical (unpaired) electrons. The first-order chi connectivity index (χ1) is 5.90. The molecular weight excluding hydrogens is 261 g/mol. The van der Waals surface area contributed by atoms with Crippen molar-refractivity contribution in [2.24, 2.45) is 0 Å². The molecule has 0 atom stereocenters. The number of aromatic nitrogens is 1. The fraction of sp³-hybridized carbons (Fsp3) is 0.100. The van der Waals surface area contributed by atoms with Crippen LogP contribution in [0.4, 0.5) is 0 Å². The van der Waals surface area contributed by atoms with Crippen molar-refractivity contribution in [1.82, 2.24) is 4.98 Å².